The van der Waals surface area contributed by atoms with Gasteiger partial charge in [0.15, 0.2) is 5.60 Å². The first-order valence-corrected chi connectivity index (χ1v) is 6.83. The molecule has 0 amide bonds. The highest BCUT2D eigenvalue weighted by Gasteiger charge is 2.34. The molecule has 0 saturated carbocycles. The van der Waals surface area contributed by atoms with Crippen LogP contribution < -0.4 is 0 Å². The van der Waals surface area contributed by atoms with Crippen molar-refractivity contribution in [1.82, 2.24) is 4.90 Å². The highest BCUT2D eigenvalue weighted by atomic mass is 16.5. The lowest BCUT2D eigenvalue weighted by atomic mass is 10.0. The van der Waals surface area contributed by atoms with Crippen LogP contribution in [0.5, 0.6) is 0 Å². The number of hydrogen-bond acceptors (Lipinski definition) is 6. The standard InChI is InChI=1S/C13H23NO6/c1-13(18,10-11(15)16)12(17)20-7-3-2-4-14-5-8-19-9-6-14/h18H,2-10H2,1H3,(H,15,16). The van der Waals surface area contributed by atoms with E-state index < -0.39 is 24.0 Å². The van der Waals surface area contributed by atoms with Crippen molar-refractivity contribution in [2.45, 2.75) is 31.8 Å². The maximum atomic E-state index is 11.5. The van der Waals surface area contributed by atoms with E-state index in [1.807, 2.05) is 0 Å². The molecule has 0 bridgehead atoms. The van der Waals surface area contributed by atoms with Gasteiger partial charge < -0.3 is 19.7 Å². The summed E-state index contributed by atoms with van der Waals surface area (Å²) in [5.74, 6) is -2.12. The summed E-state index contributed by atoms with van der Waals surface area (Å²) < 4.78 is 10.1. The Hall–Kier alpha value is -1.18. The van der Waals surface area contributed by atoms with Crippen molar-refractivity contribution < 1.29 is 29.3 Å². The highest BCUT2D eigenvalue weighted by molar-refractivity contribution is 5.84. The number of aliphatic carboxylic acids is 1. The molecule has 0 spiro atoms. The van der Waals surface area contributed by atoms with Crippen molar-refractivity contribution in [3.05, 3.63) is 0 Å². The quantitative estimate of drug-likeness (QED) is 0.474. The predicted octanol–water partition coefficient (Wildman–Crippen LogP) is -0.132. The maximum Gasteiger partial charge on any atom is 0.338 e. The van der Waals surface area contributed by atoms with Gasteiger partial charge in [0, 0.05) is 13.1 Å². The number of carbonyl (C=O) groups excluding carboxylic acids is 1. The molecule has 1 aliphatic rings. The average Bonchev–Trinajstić information content (AvgIpc) is 2.37. The van der Waals surface area contributed by atoms with Gasteiger partial charge >= 0.3 is 11.9 Å². The zero-order chi connectivity index (χ0) is 15.0. The number of unbranched alkanes of at least 4 members (excludes halogenated alkanes) is 1. The molecular weight excluding hydrogens is 266 g/mol. The fraction of sp³-hybridized carbons (Fsp3) is 0.846. The molecule has 1 aliphatic heterocycles. The fourth-order valence-corrected chi connectivity index (χ4v) is 1.95. The minimum absolute atomic E-state index is 0.193. The van der Waals surface area contributed by atoms with E-state index in [0.29, 0.717) is 6.42 Å². The molecule has 1 rings (SSSR count). The second-order valence-electron chi connectivity index (χ2n) is 5.14. The lowest BCUT2D eigenvalue weighted by Gasteiger charge is -2.26. The number of hydrogen-bond donors (Lipinski definition) is 2. The molecule has 2 N–H and O–H groups in total. The van der Waals surface area contributed by atoms with Gasteiger partial charge in [-0.2, -0.15) is 0 Å². The maximum absolute atomic E-state index is 11.5. The Morgan fingerprint density at radius 1 is 1.30 bits per heavy atom. The number of aliphatic hydroxyl groups is 1. The second kappa shape index (κ2) is 8.18. The van der Waals surface area contributed by atoms with E-state index in [1.165, 1.54) is 0 Å². The van der Waals surface area contributed by atoms with Gasteiger partial charge in [0.25, 0.3) is 0 Å². The zero-order valence-electron chi connectivity index (χ0n) is 11.8. The van der Waals surface area contributed by atoms with Crippen LogP contribution >= 0.6 is 0 Å². The van der Waals surface area contributed by atoms with Crippen LogP contribution in [-0.2, 0) is 19.1 Å². The molecule has 0 aromatic heterocycles. The predicted molar refractivity (Wildman–Crippen MR) is 70.3 cm³/mol. The topological polar surface area (TPSA) is 96.3 Å². The first-order chi connectivity index (χ1) is 9.42. The Balaban J connectivity index is 2.10. The van der Waals surface area contributed by atoms with Crippen LogP contribution in [0.2, 0.25) is 0 Å². The highest BCUT2D eigenvalue weighted by Crippen LogP contribution is 2.12. The molecule has 1 unspecified atom stereocenters. The Morgan fingerprint density at radius 2 is 1.95 bits per heavy atom. The molecule has 1 saturated heterocycles. The summed E-state index contributed by atoms with van der Waals surface area (Å²) in [7, 11) is 0. The van der Waals surface area contributed by atoms with Crippen molar-refractivity contribution in [3.8, 4) is 0 Å². The third-order valence-corrected chi connectivity index (χ3v) is 3.14. The van der Waals surface area contributed by atoms with Crippen molar-refractivity contribution >= 4 is 11.9 Å². The number of carbonyl (C=O) groups is 2. The summed E-state index contributed by atoms with van der Waals surface area (Å²) in [5.41, 5.74) is -1.96. The summed E-state index contributed by atoms with van der Waals surface area (Å²) in [6.07, 6.45) is 0.917. The summed E-state index contributed by atoms with van der Waals surface area (Å²) >= 11 is 0. The molecular formula is C13H23NO6. The minimum Gasteiger partial charge on any atom is -0.481 e. The van der Waals surface area contributed by atoms with Crippen LogP contribution in [0.3, 0.4) is 0 Å². The first kappa shape index (κ1) is 16.9. The molecule has 1 atom stereocenters. The molecule has 0 aliphatic carbocycles. The molecule has 7 heteroatoms. The smallest absolute Gasteiger partial charge is 0.338 e. The van der Waals surface area contributed by atoms with E-state index in [4.69, 9.17) is 14.6 Å². The summed E-state index contributed by atoms with van der Waals surface area (Å²) in [5, 5.41) is 18.2. The number of esters is 1. The fourth-order valence-electron chi connectivity index (χ4n) is 1.95. The van der Waals surface area contributed by atoms with Crippen LogP contribution in [-0.4, -0.2) is 72.1 Å². The average molecular weight is 289 g/mol. The Labute approximate surface area is 118 Å². The van der Waals surface area contributed by atoms with Crippen molar-refractivity contribution in [2.24, 2.45) is 0 Å². The summed E-state index contributed by atoms with van der Waals surface area (Å²) in [4.78, 5) is 24.3. The summed E-state index contributed by atoms with van der Waals surface area (Å²) in [6.45, 7) is 5.63. The molecule has 0 aromatic carbocycles. The summed E-state index contributed by atoms with van der Waals surface area (Å²) in [6, 6.07) is 0. The Kier molecular flexibility index (Phi) is 6.90. The van der Waals surface area contributed by atoms with Crippen LogP contribution in [0.4, 0.5) is 0 Å². The van der Waals surface area contributed by atoms with Crippen molar-refractivity contribution in [2.75, 3.05) is 39.5 Å². The van der Waals surface area contributed by atoms with Gasteiger partial charge in [0.2, 0.25) is 0 Å². The van der Waals surface area contributed by atoms with E-state index in [2.05, 4.69) is 4.90 Å². The van der Waals surface area contributed by atoms with Gasteiger partial charge in [-0.25, -0.2) is 4.79 Å². The van der Waals surface area contributed by atoms with E-state index in [9.17, 15) is 14.7 Å². The Morgan fingerprint density at radius 3 is 2.55 bits per heavy atom. The lowest BCUT2D eigenvalue weighted by Crippen LogP contribution is -2.39. The van der Waals surface area contributed by atoms with E-state index >= 15 is 0 Å². The third-order valence-electron chi connectivity index (χ3n) is 3.14. The molecule has 0 aromatic rings. The van der Waals surface area contributed by atoms with Crippen LogP contribution in [0, 0.1) is 0 Å². The second-order valence-corrected chi connectivity index (χ2v) is 5.14. The van der Waals surface area contributed by atoms with Gasteiger partial charge in [-0.05, 0) is 26.3 Å². The number of rotatable bonds is 8. The largest absolute Gasteiger partial charge is 0.481 e. The van der Waals surface area contributed by atoms with Crippen LogP contribution in [0.15, 0.2) is 0 Å². The van der Waals surface area contributed by atoms with E-state index in [1.54, 1.807) is 0 Å². The van der Waals surface area contributed by atoms with E-state index in [-0.39, 0.29) is 6.61 Å². The molecule has 1 heterocycles. The minimum atomic E-state index is -1.96. The van der Waals surface area contributed by atoms with Crippen LogP contribution in [0.25, 0.3) is 0 Å². The van der Waals surface area contributed by atoms with Crippen LogP contribution in [0.1, 0.15) is 26.2 Å². The lowest BCUT2D eigenvalue weighted by molar-refractivity contribution is -0.169. The molecule has 116 valence electrons. The normalized spacial score (nSPS) is 19.3. The number of morpholine rings is 1. The van der Waals surface area contributed by atoms with Gasteiger partial charge in [-0.15, -0.1) is 0 Å². The third kappa shape index (κ3) is 6.31. The van der Waals surface area contributed by atoms with Gasteiger partial charge in [-0.1, -0.05) is 0 Å². The number of carboxylic acid groups (broad SMARTS) is 1. The van der Waals surface area contributed by atoms with Gasteiger partial charge in [0.1, 0.15) is 0 Å². The molecule has 1 fully saturated rings. The Bertz CT molecular complexity index is 325. The van der Waals surface area contributed by atoms with Crippen molar-refractivity contribution in [3.63, 3.8) is 0 Å². The monoisotopic (exact) mass is 289 g/mol. The van der Waals surface area contributed by atoms with Crippen molar-refractivity contribution in [1.29, 1.82) is 0 Å². The van der Waals surface area contributed by atoms with Gasteiger partial charge in [-0.3, -0.25) is 9.69 Å². The molecule has 7 nitrogen and oxygen atoms in total. The SMILES string of the molecule is CC(O)(CC(=O)O)C(=O)OCCCCN1CCOCC1. The molecule has 20 heavy (non-hydrogen) atoms. The molecule has 0 radical (unpaired) electrons. The number of carboxylic acids is 1. The number of ether oxygens (including phenoxy) is 2. The number of nitrogens with zero attached hydrogens (tertiary/aromatic N) is 1. The van der Waals surface area contributed by atoms with Gasteiger partial charge in [0.05, 0.1) is 26.2 Å². The first-order valence-electron chi connectivity index (χ1n) is 6.83. The zero-order valence-corrected chi connectivity index (χ0v) is 11.8. The van der Waals surface area contributed by atoms with E-state index in [0.717, 1.165) is 46.2 Å².